The minimum Gasteiger partial charge on any atom is -0.501 e. The van der Waals surface area contributed by atoms with Crippen molar-refractivity contribution in [3.63, 3.8) is 0 Å². The van der Waals surface area contributed by atoms with E-state index in [2.05, 4.69) is 31.5 Å². The summed E-state index contributed by atoms with van der Waals surface area (Å²) < 4.78 is 5.88. The first-order chi connectivity index (χ1) is 16.8. The first-order valence-electron chi connectivity index (χ1n) is 10.6. The van der Waals surface area contributed by atoms with Gasteiger partial charge in [-0.25, -0.2) is 4.98 Å². The normalized spacial score (nSPS) is 12.5. The van der Waals surface area contributed by atoms with E-state index in [4.69, 9.17) is 4.52 Å². The van der Waals surface area contributed by atoms with Crippen LogP contribution >= 0.6 is 0 Å². The van der Waals surface area contributed by atoms with Gasteiger partial charge < -0.3 is 14.9 Å². The lowest BCUT2D eigenvalue weighted by Crippen LogP contribution is -2.29. The second-order valence-corrected chi connectivity index (χ2v) is 7.95. The zero-order valence-corrected chi connectivity index (χ0v) is 19.1. The number of amides is 1. The van der Waals surface area contributed by atoms with Crippen LogP contribution in [0.2, 0.25) is 0 Å². The predicted octanol–water partition coefficient (Wildman–Crippen LogP) is 2.63. The number of carbonyl (C=O) groups is 1. The standard InChI is InChI=1S/C24H21N7O4/c1-13-9-26-11-18(28-13)19(17-7-5-4-6-15(17)8-25)14(2)22-30-20(21(32)24(34)31(22)3)23(33)29-16-10-27-35-12-16/h4-7,9-12,14,19,32H,1-3H3,(H,29,33)/t14-,19+/m0/s1. The molecule has 0 saturated heterocycles. The van der Waals surface area contributed by atoms with Crippen molar-refractivity contribution in [2.75, 3.05) is 5.32 Å². The lowest BCUT2D eigenvalue weighted by atomic mass is 9.82. The number of aromatic nitrogens is 5. The summed E-state index contributed by atoms with van der Waals surface area (Å²) in [7, 11) is 1.46. The molecule has 3 aromatic heterocycles. The van der Waals surface area contributed by atoms with Gasteiger partial charge in [-0.15, -0.1) is 0 Å². The summed E-state index contributed by atoms with van der Waals surface area (Å²) in [6.07, 6.45) is 5.68. The van der Waals surface area contributed by atoms with Crippen molar-refractivity contribution in [3.8, 4) is 11.8 Å². The van der Waals surface area contributed by atoms with Crippen LogP contribution in [0.4, 0.5) is 5.69 Å². The Morgan fingerprint density at radius 2 is 2.00 bits per heavy atom. The predicted molar refractivity (Wildman–Crippen MR) is 124 cm³/mol. The molecule has 4 aromatic rings. The molecule has 2 N–H and O–H groups in total. The Kier molecular flexibility index (Phi) is 6.37. The maximum absolute atomic E-state index is 12.9. The lowest BCUT2D eigenvalue weighted by Gasteiger charge is -2.26. The number of hydrogen-bond donors (Lipinski definition) is 2. The third-order valence-electron chi connectivity index (χ3n) is 5.62. The maximum Gasteiger partial charge on any atom is 0.296 e. The number of hydrogen-bond acceptors (Lipinski definition) is 9. The Morgan fingerprint density at radius 1 is 1.23 bits per heavy atom. The smallest absolute Gasteiger partial charge is 0.296 e. The fourth-order valence-electron chi connectivity index (χ4n) is 3.97. The molecule has 11 heteroatoms. The highest BCUT2D eigenvalue weighted by molar-refractivity contribution is 6.04. The zero-order chi connectivity index (χ0) is 25.1. The molecule has 11 nitrogen and oxygen atoms in total. The summed E-state index contributed by atoms with van der Waals surface area (Å²) in [5.41, 5.74) is 1.34. The van der Waals surface area contributed by atoms with Crippen LogP contribution in [0.15, 0.2) is 58.4 Å². The van der Waals surface area contributed by atoms with E-state index in [1.54, 1.807) is 37.5 Å². The molecule has 176 valence electrons. The van der Waals surface area contributed by atoms with Gasteiger partial charge in [0.1, 0.15) is 17.8 Å². The van der Waals surface area contributed by atoms with Crippen molar-refractivity contribution in [1.82, 2.24) is 24.7 Å². The van der Waals surface area contributed by atoms with Crippen molar-refractivity contribution >= 4 is 11.6 Å². The number of benzene rings is 1. The highest BCUT2D eigenvalue weighted by atomic mass is 16.5. The van der Waals surface area contributed by atoms with Crippen molar-refractivity contribution < 1.29 is 14.4 Å². The van der Waals surface area contributed by atoms with Crippen LogP contribution < -0.4 is 10.9 Å². The highest BCUT2D eigenvalue weighted by Crippen LogP contribution is 2.38. The number of nitriles is 1. The lowest BCUT2D eigenvalue weighted by molar-refractivity contribution is 0.101. The van der Waals surface area contributed by atoms with E-state index in [1.807, 2.05) is 13.0 Å². The number of nitrogens with one attached hydrogen (secondary N) is 1. The third kappa shape index (κ3) is 4.49. The highest BCUT2D eigenvalue weighted by Gasteiger charge is 2.31. The number of anilines is 1. The zero-order valence-electron chi connectivity index (χ0n) is 19.1. The largest absolute Gasteiger partial charge is 0.501 e. The summed E-state index contributed by atoms with van der Waals surface area (Å²) in [4.78, 5) is 38.9. The van der Waals surface area contributed by atoms with Crippen molar-refractivity contribution in [3.05, 3.63) is 93.5 Å². The molecule has 0 aliphatic rings. The molecule has 1 aromatic carbocycles. The maximum atomic E-state index is 12.9. The van der Waals surface area contributed by atoms with E-state index in [0.29, 0.717) is 22.5 Å². The Bertz CT molecular complexity index is 1490. The van der Waals surface area contributed by atoms with Gasteiger partial charge in [-0.05, 0) is 18.6 Å². The molecule has 0 spiro atoms. The first-order valence-corrected chi connectivity index (χ1v) is 10.6. The average molecular weight is 471 g/mol. The van der Waals surface area contributed by atoms with Crippen molar-refractivity contribution in [1.29, 1.82) is 5.26 Å². The van der Waals surface area contributed by atoms with Crippen molar-refractivity contribution in [2.24, 2.45) is 7.05 Å². The number of nitrogens with zero attached hydrogens (tertiary/aromatic N) is 6. The van der Waals surface area contributed by atoms with E-state index in [-0.39, 0.29) is 11.5 Å². The van der Waals surface area contributed by atoms with Gasteiger partial charge in [0.2, 0.25) is 5.75 Å². The van der Waals surface area contributed by atoms with Gasteiger partial charge in [-0.1, -0.05) is 30.3 Å². The monoisotopic (exact) mass is 471 g/mol. The van der Waals surface area contributed by atoms with E-state index < -0.39 is 34.7 Å². The van der Waals surface area contributed by atoms with Gasteiger partial charge >= 0.3 is 0 Å². The summed E-state index contributed by atoms with van der Waals surface area (Å²) >= 11 is 0. The number of carbonyl (C=O) groups excluding carboxylic acids is 1. The van der Waals surface area contributed by atoms with Gasteiger partial charge in [0, 0.05) is 31.3 Å². The number of aromatic hydroxyl groups is 1. The summed E-state index contributed by atoms with van der Waals surface area (Å²) in [5.74, 6) is -2.47. The Balaban J connectivity index is 1.87. The van der Waals surface area contributed by atoms with E-state index in [9.17, 15) is 20.0 Å². The van der Waals surface area contributed by atoms with Crippen LogP contribution in [-0.4, -0.2) is 35.7 Å². The minimum absolute atomic E-state index is 0.212. The fraction of sp³-hybridized carbons (Fsp3) is 0.208. The summed E-state index contributed by atoms with van der Waals surface area (Å²) in [5, 5.41) is 26.1. The van der Waals surface area contributed by atoms with Crippen LogP contribution in [0.25, 0.3) is 0 Å². The van der Waals surface area contributed by atoms with E-state index in [0.717, 1.165) is 0 Å². The molecule has 0 radical (unpaired) electrons. The van der Waals surface area contributed by atoms with Crippen LogP contribution in [0.5, 0.6) is 5.75 Å². The molecule has 0 unspecified atom stereocenters. The molecule has 3 heterocycles. The Labute approximate surface area is 199 Å². The molecule has 1 amide bonds. The molecule has 0 aliphatic heterocycles. The molecular formula is C24H21N7O4. The van der Waals surface area contributed by atoms with Gasteiger partial charge in [0.15, 0.2) is 5.69 Å². The molecule has 0 bridgehead atoms. The Hall–Kier alpha value is -4.85. The van der Waals surface area contributed by atoms with Gasteiger partial charge in [-0.3, -0.25) is 24.1 Å². The molecule has 0 aliphatic carbocycles. The van der Waals surface area contributed by atoms with Crippen LogP contribution in [0, 0.1) is 18.3 Å². The second-order valence-electron chi connectivity index (χ2n) is 7.95. The minimum atomic E-state index is -0.804. The number of rotatable bonds is 6. The average Bonchev–Trinajstić information content (AvgIpc) is 3.36. The molecule has 2 atom stereocenters. The molecule has 0 saturated carbocycles. The van der Waals surface area contributed by atoms with Gasteiger partial charge in [0.05, 0.1) is 29.2 Å². The number of aryl methyl sites for hydroxylation is 1. The first kappa shape index (κ1) is 23.3. The third-order valence-corrected chi connectivity index (χ3v) is 5.62. The van der Waals surface area contributed by atoms with Gasteiger partial charge in [0.25, 0.3) is 11.5 Å². The Morgan fingerprint density at radius 3 is 2.69 bits per heavy atom. The summed E-state index contributed by atoms with van der Waals surface area (Å²) in [6.45, 7) is 3.61. The quantitative estimate of drug-likeness (QED) is 0.431. The van der Waals surface area contributed by atoms with E-state index in [1.165, 1.54) is 24.1 Å². The summed E-state index contributed by atoms with van der Waals surface area (Å²) in [6, 6.07) is 9.26. The van der Waals surface area contributed by atoms with E-state index >= 15 is 0 Å². The molecular weight excluding hydrogens is 450 g/mol. The fourth-order valence-corrected chi connectivity index (χ4v) is 3.97. The molecule has 35 heavy (non-hydrogen) atoms. The van der Waals surface area contributed by atoms with Crippen LogP contribution in [0.1, 0.15) is 57.6 Å². The van der Waals surface area contributed by atoms with Crippen LogP contribution in [0.3, 0.4) is 0 Å². The van der Waals surface area contributed by atoms with Crippen LogP contribution in [-0.2, 0) is 7.05 Å². The topological polar surface area (TPSA) is 160 Å². The SMILES string of the molecule is Cc1cncc([C@@H](c2ccccc2C#N)[C@H](C)c2nc(C(=O)Nc3cnoc3)c(O)c(=O)n2C)n1. The van der Waals surface area contributed by atoms with Crippen molar-refractivity contribution in [2.45, 2.75) is 25.7 Å². The van der Waals surface area contributed by atoms with Gasteiger partial charge in [-0.2, -0.15) is 5.26 Å². The molecule has 4 rings (SSSR count). The second kappa shape index (κ2) is 9.56. The molecule has 0 fully saturated rings.